The fourth-order valence-electron chi connectivity index (χ4n) is 4.10. The third kappa shape index (κ3) is 4.92. The molecular weight excluding hydrogens is 356 g/mol. The Labute approximate surface area is 166 Å². The normalized spacial score (nSPS) is 21.7. The second kappa shape index (κ2) is 9.22. The lowest BCUT2D eigenvalue weighted by Crippen LogP contribution is -2.35. The van der Waals surface area contributed by atoms with Gasteiger partial charge in [-0.25, -0.2) is 0 Å². The standard InChI is InChI=1S/C21H30N4OS/c1-24-20(22-23-21(24)27-16-19-8-5-15-26-19)18-10-13-25(14-11-18)12-9-17-6-3-2-4-7-17/h2-4,6-7,18-19H,5,8-16H2,1H3/t19-/m1/s1. The van der Waals surface area contributed by atoms with Gasteiger partial charge in [-0.3, -0.25) is 0 Å². The topological polar surface area (TPSA) is 43.2 Å². The van der Waals surface area contributed by atoms with Gasteiger partial charge in [0.25, 0.3) is 0 Å². The van der Waals surface area contributed by atoms with Gasteiger partial charge in [-0.1, -0.05) is 42.1 Å². The second-order valence-corrected chi connectivity index (χ2v) is 8.68. The molecule has 0 amide bonds. The zero-order valence-corrected chi connectivity index (χ0v) is 17.0. The van der Waals surface area contributed by atoms with E-state index in [4.69, 9.17) is 4.74 Å². The lowest BCUT2D eigenvalue weighted by atomic mass is 9.95. The molecule has 0 saturated carbocycles. The molecule has 6 heteroatoms. The molecule has 2 aromatic rings. The van der Waals surface area contributed by atoms with Crippen LogP contribution in [-0.4, -0.2) is 57.8 Å². The third-order valence-electron chi connectivity index (χ3n) is 5.80. The molecule has 0 radical (unpaired) electrons. The number of nitrogens with zero attached hydrogens (tertiary/aromatic N) is 4. The third-order valence-corrected chi connectivity index (χ3v) is 6.96. The number of ether oxygens (including phenoxy) is 1. The van der Waals surface area contributed by atoms with Crippen LogP contribution in [0.5, 0.6) is 0 Å². The zero-order valence-electron chi connectivity index (χ0n) is 16.2. The summed E-state index contributed by atoms with van der Waals surface area (Å²) in [6.45, 7) is 4.38. The zero-order chi connectivity index (χ0) is 18.5. The molecule has 2 fully saturated rings. The second-order valence-electron chi connectivity index (χ2n) is 7.70. The van der Waals surface area contributed by atoms with Crippen molar-refractivity contribution in [3.63, 3.8) is 0 Å². The number of aromatic nitrogens is 3. The van der Waals surface area contributed by atoms with E-state index in [9.17, 15) is 0 Å². The lowest BCUT2D eigenvalue weighted by Gasteiger charge is -2.31. The molecule has 1 atom stereocenters. The minimum Gasteiger partial charge on any atom is -0.377 e. The number of thioether (sulfide) groups is 1. The van der Waals surface area contributed by atoms with Crippen LogP contribution in [0, 0.1) is 0 Å². The van der Waals surface area contributed by atoms with Crippen LogP contribution in [0.15, 0.2) is 35.5 Å². The Morgan fingerprint density at radius 2 is 1.93 bits per heavy atom. The maximum Gasteiger partial charge on any atom is 0.191 e. The van der Waals surface area contributed by atoms with E-state index in [1.807, 2.05) is 0 Å². The average molecular weight is 387 g/mol. The molecule has 1 aromatic carbocycles. The van der Waals surface area contributed by atoms with E-state index < -0.39 is 0 Å². The fraction of sp³-hybridized carbons (Fsp3) is 0.619. The molecule has 0 spiro atoms. The summed E-state index contributed by atoms with van der Waals surface area (Å²) in [5.74, 6) is 2.68. The van der Waals surface area contributed by atoms with Crippen LogP contribution in [-0.2, 0) is 18.2 Å². The predicted molar refractivity (Wildman–Crippen MR) is 109 cm³/mol. The summed E-state index contributed by atoms with van der Waals surface area (Å²) in [6, 6.07) is 10.8. The Morgan fingerprint density at radius 3 is 2.67 bits per heavy atom. The molecule has 5 nitrogen and oxygen atoms in total. The molecule has 1 aromatic heterocycles. The van der Waals surface area contributed by atoms with E-state index in [0.717, 1.165) is 49.4 Å². The first-order valence-corrected chi connectivity index (χ1v) is 11.2. The molecular formula is C21H30N4OS. The van der Waals surface area contributed by atoms with Gasteiger partial charge in [-0.15, -0.1) is 10.2 Å². The van der Waals surface area contributed by atoms with Crippen molar-refractivity contribution >= 4 is 11.8 Å². The summed E-state index contributed by atoms with van der Waals surface area (Å²) < 4.78 is 7.93. The van der Waals surface area contributed by atoms with Crippen molar-refractivity contribution in [1.82, 2.24) is 19.7 Å². The number of hydrogen-bond donors (Lipinski definition) is 0. The van der Waals surface area contributed by atoms with Gasteiger partial charge in [0.1, 0.15) is 5.82 Å². The van der Waals surface area contributed by atoms with Crippen molar-refractivity contribution < 1.29 is 4.74 Å². The largest absolute Gasteiger partial charge is 0.377 e. The van der Waals surface area contributed by atoms with E-state index >= 15 is 0 Å². The number of piperidine rings is 1. The van der Waals surface area contributed by atoms with Crippen molar-refractivity contribution in [3.05, 3.63) is 41.7 Å². The Morgan fingerprint density at radius 1 is 1.11 bits per heavy atom. The Kier molecular flexibility index (Phi) is 6.47. The van der Waals surface area contributed by atoms with Gasteiger partial charge in [-0.2, -0.15) is 0 Å². The highest BCUT2D eigenvalue weighted by Gasteiger charge is 2.25. The molecule has 146 valence electrons. The Bertz CT molecular complexity index is 706. The molecule has 2 saturated heterocycles. The van der Waals surface area contributed by atoms with Gasteiger partial charge in [0.2, 0.25) is 0 Å². The van der Waals surface area contributed by atoms with Crippen molar-refractivity contribution in [2.75, 3.05) is 32.0 Å². The quantitative estimate of drug-likeness (QED) is 0.681. The first-order valence-electron chi connectivity index (χ1n) is 10.2. The maximum absolute atomic E-state index is 5.72. The predicted octanol–water partition coefficient (Wildman–Crippen LogP) is 3.51. The molecule has 0 unspecified atom stereocenters. The van der Waals surface area contributed by atoms with Gasteiger partial charge >= 0.3 is 0 Å². The molecule has 3 heterocycles. The average Bonchev–Trinajstić information content (AvgIpc) is 3.36. The highest BCUT2D eigenvalue weighted by atomic mass is 32.2. The van der Waals surface area contributed by atoms with Crippen molar-refractivity contribution in [2.45, 2.75) is 49.3 Å². The highest BCUT2D eigenvalue weighted by molar-refractivity contribution is 7.99. The van der Waals surface area contributed by atoms with Crippen LogP contribution >= 0.6 is 11.8 Å². The summed E-state index contributed by atoms with van der Waals surface area (Å²) in [5.41, 5.74) is 1.43. The van der Waals surface area contributed by atoms with E-state index in [1.54, 1.807) is 11.8 Å². The molecule has 0 aliphatic carbocycles. The van der Waals surface area contributed by atoms with Crippen LogP contribution < -0.4 is 0 Å². The van der Waals surface area contributed by atoms with Gasteiger partial charge in [0, 0.05) is 31.9 Å². The van der Waals surface area contributed by atoms with E-state index in [1.165, 1.54) is 31.2 Å². The molecule has 2 aliphatic heterocycles. The van der Waals surface area contributed by atoms with Crippen LogP contribution in [0.1, 0.15) is 43.0 Å². The van der Waals surface area contributed by atoms with Crippen LogP contribution in [0.2, 0.25) is 0 Å². The Hall–Kier alpha value is -1.37. The highest BCUT2D eigenvalue weighted by Crippen LogP contribution is 2.29. The van der Waals surface area contributed by atoms with Gasteiger partial charge < -0.3 is 14.2 Å². The molecule has 4 rings (SSSR count). The van der Waals surface area contributed by atoms with Crippen LogP contribution in [0.3, 0.4) is 0 Å². The van der Waals surface area contributed by atoms with E-state index in [-0.39, 0.29) is 0 Å². The maximum atomic E-state index is 5.72. The molecule has 0 N–H and O–H groups in total. The number of likely N-dealkylation sites (tertiary alicyclic amines) is 1. The van der Waals surface area contributed by atoms with Crippen LogP contribution in [0.4, 0.5) is 0 Å². The van der Waals surface area contributed by atoms with Crippen molar-refractivity contribution in [2.24, 2.45) is 7.05 Å². The number of hydrogen-bond acceptors (Lipinski definition) is 5. The molecule has 0 bridgehead atoms. The summed E-state index contributed by atoms with van der Waals surface area (Å²) in [7, 11) is 2.12. The van der Waals surface area contributed by atoms with Crippen molar-refractivity contribution in [1.29, 1.82) is 0 Å². The minimum absolute atomic E-state index is 0.392. The SMILES string of the molecule is Cn1c(SC[C@H]2CCCO2)nnc1C1CCN(CCc2ccccc2)CC1. The van der Waals surface area contributed by atoms with Crippen molar-refractivity contribution in [3.8, 4) is 0 Å². The summed E-state index contributed by atoms with van der Waals surface area (Å²) >= 11 is 1.79. The van der Waals surface area contributed by atoms with E-state index in [0.29, 0.717) is 12.0 Å². The smallest absolute Gasteiger partial charge is 0.191 e. The Balaban J connectivity index is 1.25. The summed E-state index contributed by atoms with van der Waals surface area (Å²) in [6.07, 6.45) is 6.26. The lowest BCUT2D eigenvalue weighted by molar-refractivity contribution is 0.129. The van der Waals surface area contributed by atoms with Crippen LogP contribution in [0.25, 0.3) is 0 Å². The molecule has 27 heavy (non-hydrogen) atoms. The number of benzene rings is 1. The monoisotopic (exact) mass is 386 g/mol. The first kappa shape index (κ1) is 19.0. The first-order chi connectivity index (χ1) is 13.3. The molecule has 2 aliphatic rings. The number of rotatable bonds is 7. The van der Waals surface area contributed by atoms with Gasteiger partial charge in [0.05, 0.1) is 6.10 Å². The summed E-state index contributed by atoms with van der Waals surface area (Å²) in [5, 5.41) is 10.0. The summed E-state index contributed by atoms with van der Waals surface area (Å²) in [4.78, 5) is 2.59. The fourth-order valence-corrected chi connectivity index (χ4v) is 5.08. The van der Waals surface area contributed by atoms with Gasteiger partial charge in [-0.05, 0) is 50.8 Å². The minimum atomic E-state index is 0.392. The van der Waals surface area contributed by atoms with E-state index in [2.05, 4.69) is 57.0 Å². The van der Waals surface area contributed by atoms with Gasteiger partial charge in [0.15, 0.2) is 5.16 Å².